The highest BCUT2D eigenvalue weighted by Crippen LogP contribution is 2.44. The molecule has 0 heterocycles. The first kappa shape index (κ1) is 20.4. The molecule has 2 aromatic rings. The lowest BCUT2D eigenvalue weighted by molar-refractivity contribution is -0.384. The van der Waals surface area contributed by atoms with Crippen LogP contribution >= 0.6 is 11.6 Å². The quantitative estimate of drug-likeness (QED) is 0.426. The summed E-state index contributed by atoms with van der Waals surface area (Å²) in [6, 6.07) is 3.80. The second kappa shape index (κ2) is 7.39. The monoisotopic (exact) mass is 407 g/mol. The molecule has 0 unspecified atom stereocenters. The number of rotatable bonds is 5. The molecule has 1 N–H and O–H groups in total. The molecule has 0 aliphatic carbocycles. The lowest BCUT2D eigenvalue weighted by Crippen LogP contribution is -2.09. The van der Waals surface area contributed by atoms with Gasteiger partial charge in [-0.15, -0.1) is 0 Å². The molecule has 2 rings (SSSR count). The maximum Gasteiger partial charge on any atom is 0.416 e. The molecule has 1 atom stereocenters. The van der Waals surface area contributed by atoms with E-state index in [0.717, 1.165) is 25.3 Å². The number of alkyl halides is 4. The van der Waals surface area contributed by atoms with Crippen LogP contribution in [-0.4, -0.2) is 23.1 Å². The Morgan fingerprint density at radius 3 is 2.37 bits per heavy atom. The number of nitrogens with zero attached hydrogens (tertiary/aromatic N) is 1. The largest absolute Gasteiger partial charge is 0.496 e. The second-order valence-electron chi connectivity index (χ2n) is 5.26. The van der Waals surface area contributed by atoms with Gasteiger partial charge in [-0.25, -0.2) is 9.18 Å². The molecule has 0 bridgehead atoms. The maximum atomic E-state index is 14.0. The minimum Gasteiger partial charge on any atom is -0.496 e. The lowest BCUT2D eigenvalue weighted by atomic mass is 9.96. The van der Waals surface area contributed by atoms with E-state index in [1.54, 1.807) is 0 Å². The first-order chi connectivity index (χ1) is 12.5. The SMILES string of the molecule is COc1c(-c2ccc(C(F)(F)F)cc2[N+](=O)[O-])cc(Cl)cc1[C@H](F)C(=O)O. The molecule has 2 aromatic carbocycles. The smallest absolute Gasteiger partial charge is 0.416 e. The van der Waals surface area contributed by atoms with Crippen LogP contribution in [0.5, 0.6) is 5.75 Å². The third-order valence-electron chi connectivity index (χ3n) is 3.59. The second-order valence-corrected chi connectivity index (χ2v) is 5.70. The fourth-order valence-electron chi connectivity index (χ4n) is 2.45. The van der Waals surface area contributed by atoms with E-state index in [4.69, 9.17) is 21.4 Å². The van der Waals surface area contributed by atoms with Crippen LogP contribution in [0.4, 0.5) is 23.2 Å². The van der Waals surface area contributed by atoms with Crippen molar-refractivity contribution in [3.05, 3.63) is 56.6 Å². The average Bonchev–Trinajstić information content (AvgIpc) is 2.58. The van der Waals surface area contributed by atoms with Crippen molar-refractivity contribution in [3.8, 4) is 16.9 Å². The van der Waals surface area contributed by atoms with Crippen molar-refractivity contribution < 1.29 is 37.1 Å². The van der Waals surface area contributed by atoms with Gasteiger partial charge in [-0.3, -0.25) is 10.1 Å². The lowest BCUT2D eigenvalue weighted by Gasteiger charge is -2.16. The summed E-state index contributed by atoms with van der Waals surface area (Å²) in [5.41, 5.74) is -3.27. The summed E-state index contributed by atoms with van der Waals surface area (Å²) in [5, 5.41) is 20.0. The first-order valence-electron chi connectivity index (χ1n) is 7.07. The number of carboxylic acid groups (broad SMARTS) is 1. The van der Waals surface area contributed by atoms with Gasteiger partial charge in [0.2, 0.25) is 6.17 Å². The number of halogens is 5. The van der Waals surface area contributed by atoms with Gasteiger partial charge < -0.3 is 9.84 Å². The van der Waals surface area contributed by atoms with E-state index in [9.17, 15) is 32.5 Å². The normalized spacial score (nSPS) is 12.5. The zero-order valence-corrected chi connectivity index (χ0v) is 14.1. The van der Waals surface area contributed by atoms with E-state index in [1.165, 1.54) is 0 Å². The van der Waals surface area contributed by atoms with Crippen molar-refractivity contribution in [2.75, 3.05) is 7.11 Å². The standard InChI is InChI=1S/C16H10ClF4NO5/c1-27-14-10(5-8(17)6-11(14)13(18)15(23)24)9-3-2-7(16(19,20)21)4-12(9)22(25)26/h2-6,13H,1H3,(H,23,24)/t13-/m0/s1. The first-order valence-corrected chi connectivity index (χ1v) is 7.45. The molecule has 144 valence electrons. The van der Waals surface area contributed by atoms with Crippen molar-refractivity contribution in [1.29, 1.82) is 0 Å². The molecule has 0 saturated carbocycles. The number of nitro groups is 1. The van der Waals surface area contributed by atoms with Gasteiger partial charge in [0.1, 0.15) is 5.75 Å². The van der Waals surface area contributed by atoms with Crippen molar-refractivity contribution in [1.82, 2.24) is 0 Å². The average molecular weight is 408 g/mol. The number of carboxylic acids is 1. The van der Waals surface area contributed by atoms with Crippen LogP contribution in [0.25, 0.3) is 11.1 Å². The molecule has 0 radical (unpaired) electrons. The van der Waals surface area contributed by atoms with E-state index in [-0.39, 0.29) is 16.1 Å². The minimum atomic E-state index is -4.82. The zero-order chi connectivity index (χ0) is 20.5. The fraction of sp³-hybridized carbons (Fsp3) is 0.188. The topological polar surface area (TPSA) is 89.7 Å². The third kappa shape index (κ3) is 4.11. The molecule has 0 aromatic heterocycles. The Hall–Kier alpha value is -2.88. The molecular formula is C16H10ClF4NO5. The van der Waals surface area contributed by atoms with Gasteiger partial charge in [-0.1, -0.05) is 11.6 Å². The molecule has 0 spiro atoms. The Morgan fingerprint density at radius 2 is 1.89 bits per heavy atom. The molecule has 27 heavy (non-hydrogen) atoms. The van der Waals surface area contributed by atoms with Gasteiger partial charge >= 0.3 is 12.1 Å². The summed E-state index contributed by atoms with van der Waals surface area (Å²) < 4.78 is 57.6. The highest BCUT2D eigenvalue weighted by molar-refractivity contribution is 6.31. The number of carbonyl (C=O) groups is 1. The Bertz CT molecular complexity index is 916. The van der Waals surface area contributed by atoms with E-state index in [2.05, 4.69) is 0 Å². The van der Waals surface area contributed by atoms with Crippen molar-refractivity contribution in [2.45, 2.75) is 12.3 Å². The maximum absolute atomic E-state index is 14.0. The number of nitro benzene ring substituents is 1. The predicted molar refractivity (Wildman–Crippen MR) is 86.6 cm³/mol. The van der Waals surface area contributed by atoms with E-state index in [0.29, 0.717) is 12.1 Å². The number of benzene rings is 2. The Kier molecular flexibility index (Phi) is 5.59. The van der Waals surface area contributed by atoms with Crippen LogP contribution in [0, 0.1) is 10.1 Å². The van der Waals surface area contributed by atoms with Crippen LogP contribution in [0.15, 0.2) is 30.3 Å². The van der Waals surface area contributed by atoms with Gasteiger partial charge in [0, 0.05) is 22.2 Å². The zero-order valence-electron chi connectivity index (χ0n) is 13.4. The Balaban J connectivity index is 2.82. The minimum absolute atomic E-state index is 0.182. The van der Waals surface area contributed by atoms with Gasteiger partial charge in [0.25, 0.3) is 5.69 Å². The summed E-state index contributed by atoms with van der Waals surface area (Å²) in [7, 11) is 1.06. The fourth-order valence-corrected chi connectivity index (χ4v) is 2.68. The van der Waals surface area contributed by atoms with Crippen molar-refractivity contribution >= 4 is 23.3 Å². The molecule has 0 aliphatic rings. The highest BCUT2D eigenvalue weighted by atomic mass is 35.5. The summed E-state index contributed by atoms with van der Waals surface area (Å²) in [5.74, 6) is -2.25. The van der Waals surface area contributed by atoms with Gasteiger partial charge in [-0.05, 0) is 24.3 Å². The Labute approximate surface area is 154 Å². The van der Waals surface area contributed by atoms with Crippen LogP contribution in [0.1, 0.15) is 17.3 Å². The van der Waals surface area contributed by atoms with Crippen molar-refractivity contribution in [2.24, 2.45) is 0 Å². The summed E-state index contributed by atoms with van der Waals surface area (Å²) in [6.45, 7) is 0. The number of aliphatic carboxylic acids is 1. The molecule has 0 saturated heterocycles. The Morgan fingerprint density at radius 1 is 1.26 bits per heavy atom. The van der Waals surface area contributed by atoms with E-state index >= 15 is 0 Å². The summed E-state index contributed by atoms with van der Waals surface area (Å²) >= 11 is 5.85. The van der Waals surface area contributed by atoms with Crippen molar-refractivity contribution in [3.63, 3.8) is 0 Å². The van der Waals surface area contributed by atoms with Gasteiger partial charge in [0.05, 0.1) is 23.2 Å². The van der Waals surface area contributed by atoms with Gasteiger partial charge in [-0.2, -0.15) is 13.2 Å². The molecule has 0 amide bonds. The van der Waals surface area contributed by atoms with Crippen LogP contribution < -0.4 is 4.74 Å². The molecule has 6 nitrogen and oxygen atoms in total. The van der Waals surface area contributed by atoms with Crippen LogP contribution in [0.2, 0.25) is 5.02 Å². The molecule has 0 aliphatic heterocycles. The highest BCUT2D eigenvalue weighted by Gasteiger charge is 2.34. The number of hydrogen-bond donors (Lipinski definition) is 1. The summed E-state index contributed by atoms with van der Waals surface area (Å²) in [4.78, 5) is 21.2. The predicted octanol–water partition coefficient (Wildman–Crippen LogP) is 5.04. The third-order valence-corrected chi connectivity index (χ3v) is 3.81. The van der Waals surface area contributed by atoms with Crippen LogP contribution in [0.3, 0.4) is 0 Å². The van der Waals surface area contributed by atoms with Gasteiger partial charge in [0.15, 0.2) is 0 Å². The number of hydrogen-bond acceptors (Lipinski definition) is 4. The number of methoxy groups -OCH3 is 1. The van der Waals surface area contributed by atoms with E-state index in [1.807, 2.05) is 0 Å². The molecule has 0 fully saturated rings. The number of ether oxygens (including phenoxy) is 1. The van der Waals surface area contributed by atoms with Crippen LogP contribution in [-0.2, 0) is 11.0 Å². The summed E-state index contributed by atoms with van der Waals surface area (Å²) in [6.07, 6.45) is -7.38. The molecular weight excluding hydrogens is 398 g/mol. The van der Waals surface area contributed by atoms with E-state index < -0.39 is 45.8 Å². The molecule has 11 heteroatoms.